The summed E-state index contributed by atoms with van der Waals surface area (Å²) in [6, 6.07) is 17.8. The molecule has 2 aliphatic rings. The lowest BCUT2D eigenvalue weighted by Crippen LogP contribution is -2.30. The summed E-state index contributed by atoms with van der Waals surface area (Å²) in [6.45, 7) is 1.69. The predicted octanol–water partition coefficient (Wildman–Crippen LogP) is 6.43. The number of Topliss-reactive ketones (excluding diaryl/α,β-unsaturated/α-hetero) is 1. The lowest BCUT2D eigenvalue weighted by molar-refractivity contribution is -0.115. The van der Waals surface area contributed by atoms with E-state index >= 15 is 0 Å². The van der Waals surface area contributed by atoms with Gasteiger partial charge in [-0.2, -0.15) is 0 Å². The van der Waals surface area contributed by atoms with Crippen LogP contribution < -0.4 is 5.32 Å². The number of hydrogen-bond acceptors (Lipinski definition) is 4. The fourth-order valence-corrected chi connectivity index (χ4v) is 5.40. The van der Waals surface area contributed by atoms with Gasteiger partial charge in [0.15, 0.2) is 5.78 Å². The van der Waals surface area contributed by atoms with Crippen molar-refractivity contribution >= 4 is 46.2 Å². The van der Waals surface area contributed by atoms with Crippen molar-refractivity contribution in [3.8, 4) is 11.3 Å². The fraction of sp³-hybridized carbons (Fsp3) is 0.310. The Kier molecular flexibility index (Phi) is 6.92. The van der Waals surface area contributed by atoms with Crippen LogP contribution in [0.25, 0.3) is 23.0 Å². The van der Waals surface area contributed by atoms with Gasteiger partial charge in [0.2, 0.25) is 0 Å². The molecule has 2 atom stereocenters. The van der Waals surface area contributed by atoms with E-state index in [0.29, 0.717) is 34.6 Å². The summed E-state index contributed by atoms with van der Waals surface area (Å²) < 4.78 is 6.19. The highest BCUT2D eigenvalue weighted by molar-refractivity contribution is 7.80. The molecule has 3 aromatic rings. The molecule has 0 amide bonds. The van der Waals surface area contributed by atoms with Crippen LogP contribution in [0.2, 0.25) is 5.02 Å². The third kappa shape index (κ3) is 5.13. The molecule has 1 aromatic heterocycles. The SMILES string of the molecule is CN(C)CCNC(=S)c1cccc(-c2ccc(C=C3C(=O)CC4CCC4c4ccc(Cl)cc43)o2)c1. The molecule has 35 heavy (non-hydrogen) atoms. The highest BCUT2D eigenvalue weighted by atomic mass is 35.5. The molecule has 2 unspecified atom stereocenters. The van der Waals surface area contributed by atoms with Gasteiger partial charge in [-0.05, 0) is 86.3 Å². The number of likely N-dealkylation sites (N-methyl/N-ethyl adjacent to an activating group) is 1. The van der Waals surface area contributed by atoms with Crippen molar-refractivity contribution in [1.29, 1.82) is 0 Å². The van der Waals surface area contributed by atoms with Crippen molar-refractivity contribution < 1.29 is 9.21 Å². The van der Waals surface area contributed by atoms with Gasteiger partial charge in [-0.1, -0.05) is 48.1 Å². The standard InChI is InChI=1S/C29H29ClN2O2S/c1-32(2)13-12-31-29(35)20-5-3-4-19(14-20)28-11-8-22(34-28)17-26-25-16-21(30)7-10-24(25)23-9-6-18(23)15-27(26)33/h3-5,7-8,10-11,14,16-18,23H,6,9,12-13,15H2,1-2H3,(H,31,35). The molecule has 0 radical (unpaired) electrons. The summed E-state index contributed by atoms with van der Waals surface area (Å²) in [6.07, 6.45) is 4.70. The van der Waals surface area contributed by atoms with E-state index in [0.717, 1.165) is 53.4 Å². The Labute approximate surface area is 217 Å². The molecular formula is C29H29ClN2O2S. The number of carbonyl (C=O) groups excluding carboxylic acids is 1. The van der Waals surface area contributed by atoms with Crippen molar-refractivity contribution in [3.63, 3.8) is 0 Å². The van der Waals surface area contributed by atoms with E-state index < -0.39 is 0 Å². The third-order valence-electron chi connectivity index (χ3n) is 7.04. The molecule has 0 saturated heterocycles. The number of ketones is 1. The largest absolute Gasteiger partial charge is 0.457 e. The van der Waals surface area contributed by atoms with Gasteiger partial charge in [0.1, 0.15) is 16.5 Å². The monoisotopic (exact) mass is 504 g/mol. The molecule has 0 spiro atoms. The van der Waals surface area contributed by atoms with Crippen LogP contribution in [0.4, 0.5) is 0 Å². The molecule has 180 valence electrons. The quantitative estimate of drug-likeness (QED) is 0.309. The van der Waals surface area contributed by atoms with Gasteiger partial charge >= 0.3 is 0 Å². The normalized spacial score (nSPS) is 20.2. The van der Waals surface area contributed by atoms with Crippen LogP contribution in [0.3, 0.4) is 0 Å². The number of halogens is 1. The first-order valence-electron chi connectivity index (χ1n) is 12.1. The predicted molar refractivity (Wildman–Crippen MR) is 147 cm³/mol. The molecule has 1 N–H and O–H groups in total. The van der Waals surface area contributed by atoms with E-state index in [9.17, 15) is 4.79 Å². The Morgan fingerprint density at radius 3 is 2.80 bits per heavy atom. The van der Waals surface area contributed by atoms with Crippen LogP contribution >= 0.6 is 23.8 Å². The van der Waals surface area contributed by atoms with Gasteiger partial charge in [0, 0.05) is 41.2 Å². The molecule has 2 aliphatic carbocycles. The number of carbonyl (C=O) groups is 1. The van der Waals surface area contributed by atoms with Crippen molar-refractivity contribution in [2.24, 2.45) is 5.92 Å². The molecule has 4 nitrogen and oxygen atoms in total. The van der Waals surface area contributed by atoms with E-state index in [2.05, 4.69) is 16.3 Å². The van der Waals surface area contributed by atoms with Crippen molar-refractivity contribution in [3.05, 3.63) is 82.1 Å². The highest BCUT2D eigenvalue weighted by Gasteiger charge is 2.39. The van der Waals surface area contributed by atoms with Crippen LogP contribution in [-0.4, -0.2) is 42.9 Å². The second kappa shape index (κ2) is 10.1. The number of thiocarbonyl (C=S) groups is 1. The van der Waals surface area contributed by atoms with Crippen LogP contribution in [0, 0.1) is 5.92 Å². The summed E-state index contributed by atoms with van der Waals surface area (Å²) in [5.74, 6) is 2.43. The van der Waals surface area contributed by atoms with E-state index in [4.69, 9.17) is 28.2 Å². The van der Waals surface area contributed by atoms with E-state index in [1.807, 2.05) is 68.7 Å². The smallest absolute Gasteiger partial charge is 0.163 e. The maximum atomic E-state index is 13.2. The minimum absolute atomic E-state index is 0.162. The molecule has 1 saturated carbocycles. The van der Waals surface area contributed by atoms with E-state index in [1.54, 1.807) is 0 Å². The Balaban J connectivity index is 1.42. The molecule has 1 fully saturated rings. The van der Waals surface area contributed by atoms with Crippen LogP contribution in [0.15, 0.2) is 59.0 Å². The van der Waals surface area contributed by atoms with Crippen LogP contribution in [-0.2, 0) is 4.79 Å². The number of nitrogens with zero attached hydrogens (tertiary/aromatic N) is 1. The van der Waals surface area contributed by atoms with Crippen LogP contribution in [0.1, 0.15) is 47.6 Å². The summed E-state index contributed by atoms with van der Waals surface area (Å²) >= 11 is 11.9. The topological polar surface area (TPSA) is 45.5 Å². The van der Waals surface area contributed by atoms with Gasteiger partial charge in [-0.25, -0.2) is 0 Å². The molecule has 1 heterocycles. The lowest BCUT2D eigenvalue weighted by Gasteiger charge is -2.35. The molecule has 2 aromatic carbocycles. The van der Waals surface area contributed by atoms with Gasteiger partial charge in [0.25, 0.3) is 0 Å². The Hall–Kier alpha value is -2.73. The van der Waals surface area contributed by atoms with Crippen molar-refractivity contribution in [1.82, 2.24) is 10.2 Å². The average Bonchev–Trinajstić information content (AvgIpc) is 3.27. The minimum atomic E-state index is 0.162. The second-order valence-corrected chi connectivity index (χ2v) is 10.5. The molecule has 6 heteroatoms. The van der Waals surface area contributed by atoms with Gasteiger partial charge in [-0.15, -0.1) is 0 Å². The summed E-state index contributed by atoms with van der Waals surface area (Å²) in [5.41, 5.74) is 4.77. The maximum absolute atomic E-state index is 13.2. The number of nitrogens with one attached hydrogen (secondary N) is 1. The highest BCUT2D eigenvalue weighted by Crippen LogP contribution is 2.50. The number of rotatable bonds is 6. The van der Waals surface area contributed by atoms with Gasteiger partial charge in [0.05, 0.1) is 0 Å². The second-order valence-electron chi connectivity index (χ2n) is 9.70. The van der Waals surface area contributed by atoms with Crippen molar-refractivity contribution in [2.75, 3.05) is 27.2 Å². The lowest BCUT2D eigenvalue weighted by atomic mass is 9.69. The van der Waals surface area contributed by atoms with E-state index in [1.165, 1.54) is 5.56 Å². The maximum Gasteiger partial charge on any atom is 0.163 e. The van der Waals surface area contributed by atoms with E-state index in [-0.39, 0.29) is 5.78 Å². The summed E-state index contributed by atoms with van der Waals surface area (Å²) in [5, 5.41) is 3.95. The first-order valence-corrected chi connectivity index (χ1v) is 12.9. The zero-order valence-electron chi connectivity index (χ0n) is 20.0. The minimum Gasteiger partial charge on any atom is -0.457 e. The number of fused-ring (bicyclic) bond motifs is 3. The molecular weight excluding hydrogens is 476 g/mol. The Morgan fingerprint density at radius 1 is 1.17 bits per heavy atom. The zero-order valence-corrected chi connectivity index (χ0v) is 21.6. The molecule has 0 bridgehead atoms. The average molecular weight is 505 g/mol. The number of hydrogen-bond donors (Lipinski definition) is 1. The molecule has 5 rings (SSSR count). The zero-order chi connectivity index (χ0) is 24.5. The first-order chi connectivity index (χ1) is 16.9. The van der Waals surface area contributed by atoms with Gasteiger partial charge < -0.3 is 14.6 Å². The number of furan rings is 1. The third-order valence-corrected chi connectivity index (χ3v) is 7.65. The first kappa shape index (κ1) is 24.0. The summed E-state index contributed by atoms with van der Waals surface area (Å²) in [4.78, 5) is 16.1. The summed E-state index contributed by atoms with van der Waals surface area (Å²) in [7, 11) is 4.07. The Bertz CT molecular complexity index is 1310. The Morgan fingerprint density at radius 2 is 2.03 bits per heavy atom. The number of benzene rings is 2. The molecule has 0 aliphatic heterocycles. The van der Waals surface area contributed by atoms with Crippen LogP contribution in [0.5, 0.6) is 0 Å². The van der Waals surface area contributed by atoms with Crippen molar-refractivity contribution in [2.45, 2.75) is 25.2 Å². The fourth-order valence-electron chi connectivity index (χ4n) is 5.00. The number of allylic oxidation sites excluding steroid dienone is 1. The van der Waals surface area contributed by atoms with Gasteiger partial charge in [-0.3, -0.25) is 4.79 Å².